The molecule has 0 saturated carbocycles. The Labute approximate surface area is 280 Å². The van der Waals surface area contributed by atoms with Crippen LogP contribution in [0.25, 0.3) is 21.3 Å². The van der Waals surface area contributed by atoms with Crippen LogP contribution in [0.3, 0.4) is 0 Å². The van der Waals surface area contributed by atoms with Gasteiger partial charge in [0.2, 0.25) is 0 Å². The smallest absolute Gasteiger partial charge is 0.00878 e. The molecule has 0 aliphatic carbocycles. The molecule has 0 radical (unpaired) electrons. The number of para-hydroxylation sites is 4. The molecule has 2 fully saturated rings. The summed E-state index contributed by atoms with van der Waals surface area (Å²) in [4.78, 5) is 0. The fraction of sp³-hybridized carbons (Fsp3) is 0.278. The van der Waals surface area contributed by atoms with Gasteiger partial charge in [0.25, 0.3) is 0 Å². The summed E-state index contributed by atoms with van der Waals surface area (Å²) >= 11 is 0. The van der Waals surface area contributed by atoms with E-state index in [1.54, 1.807) is 28.2 Å². The van der Waals surface area contributed by atoms with Gasteiger partial charge in [0.1, 0.15) is 0 Å². The average Bonchev–Trinajstić information content (AvgIpc) is 3.88. The van der Waals surface area contributed by atoms with Gasteiger partial charge < -0.3 is 30.7 Å². The van der Waals surface area contributed by atoms with E-state index in [1.807, 2.05) is 135 Å². The minimum Gasteiger partial charge on any atom is -0.687 e. The van der Waals surface area contributed by atoms with Crippen molar-refractivity contribution < 1.29 is 35.7 Å². The van der Waals surface area contributed by atoms with E-state index in [4.69, 9.17) is 9.47 Å². The predicted octanol–water partition coefficient (Wildman–Crippen LogP) is 11.2. The van der Waals surface area contributed by atoms with Crippen LogP contribution in [0.1, 0.15) is 25.7 Å². The molecule has 6 rings (SSSR count). The second-order valence-electron chi connectivity index (χ2n) is 8.60. The second-order valence-corrected chi connectivity index (χ2v) is 8.60. The van der Waals surface area contributed by atoms with Crippen molar-refractivity contribution in [3.05, 3.63) is 156 Å². The van der Waals surface area contributed by atoms with Crippen LogP contribution < -0.4 is 0 Å². The molecule has 0 unspecified atom stereocenters. The Morgan fingerprint density at radius 3 is 0.744 bits per heavy atom. The molecular formula is C36H46N4O2Zr-6. The number of hydrogen-bond donors (Lipinski definition) is 0. The van der Waals surface area contributed by atoms with Gasteiger partial charge in [-0.2, -0.15) is 12.8 Å². The van der Waals surface area contributed by atoms with Crippen LogP contribution >= 0.6 is 0 Å². The summed E-state index contributed by atoms with van der Waals surface area (Å²) in [5, 5.41) is 15.9. The van der Waals surface area contributed by atoms with Gasteiger partial charge in [0.15, 0.2) is 0 Å². The Morgan fingerprint density at radius 1 is 0.419 bits per heavy atom. The number of nitrogens with zero attached hydrogens (tertiary/aromatic N) is 4. The normalized spacial score (nSPS) is 12.0. The molecule has 0 amide bonds. The maximum absolute atomic E-state index is 4.82. The zero-order valence-electron chi connectivity index (χ0n) is 26.0. The van der Waals surface area contributed by atoms with Crippen molar-refractivity contribution in [2.45, 2.75) is 25.7 Å². The summed E-state index contributed by atoms with van der Waals surface area (Å²) in [5.74, 6) is 0. The molecule has 4 aromatic rings. The molecule has 6 nitrogen and oxygen atoms in total. The summed E-state index contributed by atoms with van der Waals surface area (Å²) in [7, 11) is 7.15. The molecule has 2 heterocycles. The molecule has 0 bridgehead atoms. The van der Waals surface area contributed by atoms with Crippen LogP contribution in [-0.4, -0.2) is 41.4 Å². The predicted molar refractivity (Wildman–Crippen MR) is 181 cm³/mol. The van der Waals surface area contributed by atoms with Crippen molar-refractivity contribution in [2.24, 2.45) is 0 Å². The first-order valence-corrected chi connectivity index (χ1v) is 14.2. The first-order chi connectivity index (χ1) is 20.7. The average molecular weight is 658 g/mol. The minimum atomic E-state index is 0. The van der Waals surface area contributed by atoms with Crippen molar-refractivity contribution >= 4 is 22.7 Å². The second kappa shape index (κ2) is 30.3. The molecule has 2 aliphatic heterocycles. The van der Waals surface area contributed by atoms with Gasteiger partial charge in [0.05, 0.1) is 0 Å². The Hall–Kier alpha value is -3.12. The molecule has 7 heteroatoms. The molecule has 43 heavy (non-hydrogen) atoms. The van der Waals surface area contributed by atoms with Crippen molar-refractivity contribution in [1.82, 2.24) is 0 Å². The monoisotopic (exact) mass is 656 g/mol. The van der Waals surface area contributed by atoms with E-state index in [-0.39, 0.29) is 26.2 Å². The number of ether oxygens (including phenoxy) is 2. The van der Waals surface area contributed by atoms with Crippen molar-refractivity contribution in [3.63, 3.8) is 0 Å². The van der Waals surface area contributed by atoms with Crippen LogP contribution in [0.15, 0.2) is 121 Å². The summed E-state index contributed by atoms with van der Waals surface area (Å²) in [5.41, 5.74) is 4.14. The van der Waals surface area contributed by atoms with Gasteiger partial charge >= 0.3 is 0 Å². The summed E-state index contributed by atoms with van der Waals surface area (Å²) in [6.07, 6.45) is 4.75. The maximum Gasteiger partial charge on any atom is 0.00878 e. The van der Waals surface area contributed by atoms with Gasteiger partial charge in [-0.3, -0.25) is 0 Å². The number of rotatable bonds is 4. The molecule has 0 N–H and O–H groups in total. The SMILES string of the molecule is C[N-]c1ccccc1.C[N-]c1ccccc1.C[N-]c1ccccc1.C[N-]c1ccccc1.[CH-]1CCCO1.[CH-]1CCCO1.[Zr]. The Morgan fingerprint density at radius 2 is 0.651 bits per heavy atom. The summed E-state index contributed by atoms with van der Waals surface area (Å²) in [6, 6.07) is 39.5. The molecule has 0 aromatic heterocycles. The third kappa shape index (κ3) is 24.1. The van der Waals surface area contributed by atoms with E-state index in [0.29, 0.717) is 0 Å². The van der Waals surface area contributed by atoms with E-state index in [9.17, 15) is 0 Å². The first-order valence-electron chi connectivity index (χ1n) is 14.2. The van der Waals surface area contributed by atoms with Crippen molar-refractivity contribution in [2.75, 3.05) is 41.4 Å². The Kier molecular flexibility index (Phi) is 28.1. The van der Waals surface area contributed by atoms with E-state index in [1.165, 1.54) is 12.8 Å². The van der Waals surface area contributed by atoms with E-state index >= 15 is 0 Å². The van der Waals surface area contributed by atoms with Crippen molar-refractivity contribution in [1.29, 1.82) is 0 Å². The molecule has 2 aliphatic rings. The van der Waals surface area contributed by atoms with E-state index < -0.39 is 0 Å². The zero-order valence-corrected chi connectivity index (χ0v) is 28.5. The Bertz CT molecular complexity index is 884. The third-order valence-corrected chi connectivity index (χ3v) is 5.46. The summed E-state index contributed by atoms with van der Waals surface area (Å²) < 4.78 is 9.64. The Balaban J connectivity index is 0.000000495. The minimum absolute atomic E-state index is 0. The van der Waals surface area contributed by atoms with Gasteiger partial charge in [-0.1, -0.05) is 134 Å². The summed E-state index contributed by atoms with van der Waals surface area (Å²) in [6.45, 7) is 5.61. The van der Waals surface area contributed by atoms with Crippen LogP contribution in [0.2, 0.25) is 0 Å². The third-order valence-electron chi connectivity index (χ3n) is 5.46. The molecular weight excluding hydrogens is 612 g/mol. The topological polar surface area (TPSA) is 74.9 Å². The number of hydrogen-bond acceptors (Lipinski definition) is 2. The molecule has 232 valence electrons. The molecule has 4 aromatic carbocycles. The molecule has 0 spiro atoms. The zero-order chi connectivity index (χ0) is 30.4. The van der Waals surface area contributed by atoms with Crippen LogP contribution in [0, 0.1) is 13.2 Å². The van der Waals surface area contributed by atoms with Crippen LogP contribution in [-0.2, 0) is 35.7 Å². The van der Waals surface area contributed by atoms with Gasteiger partial charge in [0, 0.05) is 39.4 Å². The van der Waals surface area contributed by atoms with Gasteiger partial charge in [-0.15, -0.1) is 50.9 Å². The quantitative estimate of drug-likeness (QED) is 0.205. The molecule has 0 atom stereocenters. The maximum atomic E-state index is 4.82. The van der Waals surface area contributed by atoms with Crippen molar-refractivity contribution in [3.8, 4) is 0 Å². The number of benzene rings is 4. The van der Waals surface area contributed by atoms with Gasteiger partial charge in [-0.25, -0.2) is 13.2 Å². The fourth-order valence-electron chi connectivity index (χ4n) is 3.14. The fourth-order valence-corrected chi connectivity index (χ4v) is 3.14. The molecule has 2 saturated heterocycles. The van der Waals surface area contributed by atoms with E-state index in [0.717, 1.165) is 48.8 Å². The first kappa shape index (κ1) is 39.9. The standard InChI is InChI=1S/4C7H8N.2C4H7O.Zr/c4*1-8-7-5-3-2-4-6-7;2*1-2-4-5-3-1;/h4*2-6H,1H3;2*3H,1-2,4H2;/q6*-1;. The van der Waals surface area contributed by atoms with Gasteiger partial charge in [-0.05, 0) is 0 Å². The van der Waals surface area contributed by atoms with Crippen LogP contribution in [0.4, 0.5) is 22.7 Å². The largest absolute Gasteiger partial charge is 0.687 e. The van der Waals surface area contributed by atoms with Crippen LogP contribution in [0.5, 0.6) is 0 Å². The van der Waals surface area contributed by atoms with E-state index in [2.05, 4.69) is 21.3 Å².